The summed E-state index contributed by atoms with van der Waals surface area (Å²) < 4.78 is 8.92. The van der Waals surface area contributed by atoms with Crippen LogP contribution in [-0.4, -0.2) is 4.57 Å². The standard InChI is InChI=1S/C50H31NO/c1-2-11-34-32(10-1)28-41-35(34)17-9-19-46(41)51-45-18-8-7-14-38(45)42-26-30(20-23-47(42)51)31-21-24-48-43(27-31)44-29-33(22-25-49(44)52-48)50-39-15-5-3-12-36(39)37-13-4-6-16-40(37)50/h1-27,29,50H,28H2. The molecule has 10 aromatic rings. The maximum absolute atomic E-state index is 6.44. The van der Waals surface area contributed by atoms with Crippen molar-refractivity contribution in [1.29, 1.82) is 0 Å². The van der Waals surface area contributed by atoms with Crippen LogP contribution in [0.15, 0.2) is 174 Å². The molecule has 0 N–H and O–H groups in total. The SMILES string of the molecule is c1ccc2c(c1)Cc1c-2cccc1-n1c2ccccc2c2cc(-c3ccc4oc5ccc(C6c7ccccc7-c7ccccc76)cc5c4c3)ccc21. The van der Waals surface area contributed by atoms with E-state index in [1.54, 1.807) is 0 Å². The van der Waals surface area contributed by atoms with Crippen LogP contribution in [0.5, 0.6) is 0 Å². The number of aromatic nitrogens is 1. The molecule has 2 nitrogen and oxygen atoms in total. The van der Waals surface area contributed by atoms with Crippen molar-refractivity contribution in [3.63, 3.8) is 0 Å². The molecule has 0 unspecified atom stereocenters. The topological polar surface area (TPSA) is 18.1 Å². The smallest absolute Gasteiger partial charge is 0.135 e. The van der Waals surface area contributed by atoms with Crippen molar-refractivity contribution in [2.45, 2.75) is 12.3 Å². The molecule has 2 aliphatic carbocycles. The lowest BCUT2D eigenvalue weighted by molar-refractivity contribution is 0.669. The number of hydrogen-bond acceptors (Lipinski definition) is 1. The Bertz CT molecular complexity index is 3070. The summed E-state index contributed by atoms with van der Waals surface area (Å²) >= 11 is 0. The summed E-state index contributed by atoms with van der Waals surface area (Å²) in [6.45, 7) is 0. The summed E-state index contributed by atoms with van der Waals surface area (Å²) in [6.07, 6.45) is 0.952. The van der Waals surface area contributed by atoms with Gasteiger partial charge in [0.05, 0.1) is 16.7 Å². The summed E-state index contributed by atoms with van der Waals surface area (Å²) in [6, 6.07) is 62.6. The van der Waals surface area contributed by atoms with Crippen LogP contribution >= 0.6 is 0 Å². The summed E-state index contributed by atoms with van der Waals surface area (Å²) in [5, 5.41) is 4.84. The summed E-state index contributed by atoms with van der Waals surface area (Å²) in [4.78, 5) is 0. The molecule has 0 bridgehead atoms. The van der Waals surface area contributed by atoms with E-state index >= 15 is 0 Å². The Hall–Kier alpha value is -6.64. The van der Waals surface area contributed by atoms with E-state index in [-0.39, 0.29) is 5.92 Å². The quantitative estimate of drug-likeness (QED) is 0.184. The van der Waals surface area contributed by atoms with Gasteiger partial charge in [-0.3, -0.25) is 0 Å². The zero-order chi connectivity index (χ0) is 33.9. The monoisotopic (exact) mass is 661 g/mol. The van der Waals surface area contributed by atoms with E-state index < -0.39 is 0 Å². The molecule has 12 rings (SSSR count). The second kappa shape index (κ2) is 10.4. The number of fused-ring (bicyclic) bond motifs is 12. The number of benzene rings is 8. The van der Waals surface area contributed by atoms with Gasteiger partial charge in [-0.2, -0.15) is 0 Å². The van der Waals surface area contributed by atoms with Crippen molar-refractivity contribution < 1.29 is 4.42 Å². The predicted octanol–water partition coefficient (Wildman–Crippen LogP) is 13.1. The molecule has 0 spiro atoms. The van der Waals surface area contributed by atoms with Gasteiger partial charge in [0.25, 0.3) is 0 Å². The van der Waals surface area contributed by atoms with Gasteiger partial charge < -0.3 is 8.98 Å². The van der Waals surface area contributed by atoms with Crippen LogP contribution in [0.25, 0.3) is 82.8 Å². The van der Waals surface area contributed by atoms with Gasteiger partial charge in [-0.05, 0) is 110 Å². The van der Waals surface area contributed by atoms with Gasteiger partial charge in [-0.1, -0.05) is 121 Å². The maximum Gasteiger partial charge on any atom is 0.135 e. The molecule has 2 aliphatic rings. The molecular weight excluding hydrogens is 631 g/mol. The van der Waals surface area contributed by atoms with Gasteiger partial charge in [0.1, 0.15) is 11.2 Å². The zero-order valence-corrected chi connectivity index (χ0v) is 28.3. The van der Waals surface area contributed by atoms with Crippen LogP contribution in [0.2, 0.25) is 0 Å². The van der Waals surface area contributed by atoms with Crippen LogP contribution < -0.4 is 0 Å². The first-order valence-electron chi connectivity index (χ1n) is 18.2. The maximum atomic E-state index is 6.44. The minimum absolute atomic E-state index is 0.199. The molecule has 0 radical (unpaired) electrons. The van der Waals surface area contributed by atoms with Crippen LogP contribution in [-0.2, 0) is 6.42 Å². The fraction of sp³-hybridized carbons (Fsp3) is 0.0400. The highest BCUT2D eigenvalue weighted by Gasteiger charge is 2.30. The van der Waals surface area contributed by atoms with Crippen LogP contribution in [0.3, 0.4) is 0 Å². The van der Waals surface area contributed by atoms with Gasteiger partial charge in [-0.15, -0.1) is 0 Å². The predicted molar refractivity (Wildman–Crippen MR) is 215 cm³/mol. The van der Waals surface area contributed by atoms with Crippen molar-refractivity contribution in [1.82, 2.24) is 4.57 Å². The van der Waals surface area contributed by atoms with Gasteiger partial charge >= 0.3 is 0 Å². The zero-order valence-electron chi connectivity index (χ0n) is 28.3. The Morgan fingerprint density at radius 2 is 1.06 bits per heavy atom. The van der Waals surface area contributed by atoms with E-state index in [0.29, 0.717) is 0 Å². The Balaban J connectivity index is 1.00. The minimum Gasteiger partial charge on any atom is -0.456 e. The van der Waals surface area contributed by atoms with Crippen molar-refractivity contribution >= 4 is 43.7 Å². The van der Waals surface area contributed by atoms with E-state index in [1.165, 1.54) is 88.7 Å². The van der Waals surface area contributed by atoms with Gasteiger partial charge in [0.15, 0.2) is 0 Å². The van der Waals surface area contributed by atoms with E-state index in [2.05, 4.69) is 174 Å². The molecule has 0 amide bonds. The van der Waals surface area contributed by atoms with Gasteiger partial charge in [-0.25, -0.2) is 0 Å². The molecule has 52 heavy (non-hydrogen) atoms. The number of furan rings is 1. The van der Waals surface area contributed by atoms with Crippen LogP contribution in [0.4, 0.5) is 0 Å². The van der Waals surface area contributed by atoms with E-state index in [4.69, 9.17) is 4.42 Å². The molecule has 0 aliphatic heterocycles. The molecule has 0 atom stereocenters. The molecule has 0 fully saturated rings. The second-order valence-corrected chi connectivity index (χ2v) is 14.4. The van der Waals surface area contributed by atoms with Crippen molar-refractivity contribution in [3.8, 4) is 39.1 Å². The number of rotatable bonds is 3. The second-order valence-electron chi connectivity index (χ2n) is 14.4. The molecule has 2 heterocycles. The third-order valence-electron chi connectivity index (χ3n) is 11.7. The third-order valence-corrected chi connectivity index (χ3v) is 11.7. The van der Waals surface area contributed by atoms with E-state index in [0.717, 1.165) is 28.4 Å². The first kappa shape index (κ1) is 28.1. The Morgan fingerprint density at radius 3 is 1.88 bits per heavy atom. The number of nitrogens with zero attached hydrogens (tertiary/aromatic N) is 1. The highest BCUT2D eigenvalue weighted by molar-refractivity contribution is 6.11. The highest BCUT2D eigenvalue weighted by Crippen LogP contribution is 2.49. The third kappa shape index (κ3) is 3.84. The first-order chi connectivity index (χ1) is 25.8. The lowest BCUT2D eigenvalue weighted by Gasteiger charge is -2.14. The molecular formula is C50H31NO. The average molecular weight is 662 g/mol. The average Bonchev–Trinajstić information content (AvgIpc) is 3.95. The molecule has 2 heteroatoms. The molecule has 2 aromatic heterocycles. The molecule has 0 saturated heterocycles. The number of para-hydroxylation sites is 1. The van der Waals surface area contributed by atoms with E-state index in [9.17, 15) is 0 Å². The molecule has 242 valence electrons. The summed E-state index contributed by atoms with van der Waals surface area (Å²) in [5.41, 5.74) is 20.2. The van der Waals surface area contributed by atoms with Crippen molar-refractivity contribution in [3.05, 3.63) is 198 Å². The fourth-order valence-electron chi connectivity index (χ4n) is 9.43. The lowest BCUT2D eigenvalue weighted by Crippen LogP contribution is -1.99. The molecule has 8 aromatic carbocycles. The Morgan fingerprint density at radius 1 is 0.442 bits per heavy atom. The van der Waals surface area contributed by atoms with Gasteiger partial charge in [0, 0.05) is 33.9 Å². The largest absolute Gasteiger partial charge is 0.456 e. The minimum atomic E-state index is 0.199. The first-order valence-corrected chi connectivity index (χ1v) is 18.2. The van der Waals surface area contributed by atoms with Crippen molar-refractivity contribution in [2.24, 2.45) is 0 Å². The molecule has 0 saturated carbocycles. The van der Waals surface area contributed by atoms with Crippen LogP contribution in [0, 0.1) is 0 Å². The fourth-order valence-corrected chi connectivity index (χ4v) is 9.43. The van der Waals surface area contributed by atoms with Crippen molar-refractivity contribution in [2.75, 3.05) is 0 Å². The number of hydrogen-bond donors (Lipinski definition) is 0. The Labute approximate surface area is 300 Å². The lowest BCUT2D eigenvalue weighted by atomic mass is 9.88. The highest BCUT2D eigenvalue weighted by atomic mass is 16.3. The summed E-state index contributed by atoms with van der Waals surface area (Å²) in [7, 11) is 0. The van der Waals surface area contributed by atoms with E-state index in [1.807, 2.05) is 0 Å². The summed E-state index contributed by atoms with van der Waals surface area (Å²) in [5.74, 6) is 0.199. The normalized spacial score (nSPS) is 13.2. The Kier molecular flexibility index (Phi) is 5.64. The van der Waals surface area contributed by atoms with Crippen LogP contribution in [0.1, 0.15) is 33.7 Å². The van der Waals surface area contributed by atoms with Gasteiger partial charge in [0.2, 0.25) is 0 Å².